The van der Waals surface area contributed by atoms with Crippen LogP contribution in [0, 0.1) is 20.8 Å². The predicted molar refractivity (Wildman–Crippen MR) is 72.3 cm³/mol. The van der Waals surface area contributed by atoms with Gasteiger partial charge in [-0.05, 0) is 43.8 Å². The molecule has 0 aliphatic heterocycles. The molecule has 0 saturated carbocycles. The number of hydrogen-bond acceptors (Lipinski definition) is 4. The molecule has 0 radical (unpaired) electrons. The molecule has 0 fully saturated rings. The van der Waals surface area contributed by atoms with Crippen LogP contribution in [0.25, 0.3) is 0 Å². The van der Waals surface area contributed by atoms with Crippen LogP contribution in [0.5, 0.6) is 0 Å². The Morgan fingerprint density at radius 1 is 1.44 bits per heavy atom. The van der Waals surface area contributed by atoms with Crippen molar-refractivity contribution in [3.05, 3.63) is 45.0 Å². The summed E-state index contributed by atoms with van der Waals surface area (Å²) in [7, 11) is 0. The van der Waals surface area contributed by atoms with E-state index in [1.54, 1.807) is 30.5 Å². The summed E-state index contributed by atoms with van der Waals surface area (Å²) in [4.78, 5) is 12.8. The van der Waals surface area contributed by atoms with Crippen LogP contribution in [-0.2, 0) is 0 Å². The Morgan fingerprint density at radius 3 is 2.78 bits per heavy atom. The Labute approximate surface area is 109 Å². The van der Waals surface area contributed by atoms with E-state index in [2.05, 4.69) is 10.5 Å². The highest BCUT2D eigenvalue weighted by molar-refractivity contribution is 7.11. The predicted octanol–water partition coefficient (Wildman–Crippen LogP) is 3.03. The van der Waals surface area contributed by atoms with Crippen molar-refractivity contribution in [1.82, 2.24) is 5.43 Å². The van der Waals surface area contributed by atoms with Crippen LogP contribution >= 0.6 is 11.3 Å². The molecule has 0 spiro atoms. The van der Waals surface area contributed by atoms with Gasteiger partial charge >= 0.3 is 0 Å². The van der Waals surface area contributed by atoms with E-state index in [0.29, 0.717) is 11.3 Å². The zero-order chi connectivity index (χ0) is 13.1. The van der Waals surface area contributed by atoms with E-state index in [4.69, 9.17) is 4.42 Å². The lowest BCUT2D eigenvalue weighted by molar-refractivity contribution is 0.0953. The molecule has 0 aliphatic rings. The molecule has 0 bridgehead atoms. The molecule has 0 aliphatic carbocycles. The number of rotatable bonds is 3. The Kier molecular flexibility index (Phi) is 3.62. The van der Waals surface area contributed by atoms with Crippen molar-refractivity contribution in [1.29, 1.82) is 0 Å². The van der Waals surface area contributed by atoms with Gasteiger partial charge in [-0.2, -0.15) is 5.10 Å². The minimum Gasteiger partial charge on any atom is -0.466 e. The molecular weight excluding hydrogens is 248 g/mol. The molecular formula is C13H14N2O2S. The number of hydrazone groups is 1. The van der Waals surface area contributed by atoms with E-state index < -0.39 is 0 Å². The van der Waals surface area contributed by atoms with E-state index in [9.17, 15) is 4.79 Å². The molecule has 0 saturated heterocycles. The molecule has 0 unspecified atom stereocenters. The Balaban J connectivity index is 2.03. The van der Waals surface area contributed by atoms with Gasteiger partial charge < -0.3 is 4.42 Å². The van der Waals surface area contributed by atoms with Crippen molar-refractivity contribution in [2.75, 3.05) is 0 Å². The topological polar surface area (TPSA) is 54.6 Å². The largest absolute Gasteiger partial charge is 0.466 e. The summed E-state index contributed by atoms with van der Waals surface area (Å²) in [5.74, 6) is 1.07. The Hall–Kier alpha value is -1.88. The van der Waals surface area contributed by atoms with Gasteiger partial charge in [-0.15, -0.1) is 11.3 Å². The number of carbonyl (C=O) groups excluding carboxylic acids is 1. The molecule has 1 amide bonds. The summed E-state index contributed by atoms with van der Waals surface area (Å²) in [5.41, 5.74) is 4.16. The lowest BCUT2D eigenvalue weighted by Gasteiger charge is -1.96. The summed E-state index contributed by atoms with van der Waals surface area (Å²) >= 11 is 1.59. The highest BCUT2D eigenvalue weighted by Gasteiger charge is 2.12. The number of furan rings is 1. The van der Waals surface area contributed by atoms with Crippen LogP contribution in [0.3, 0.4) is 0 Å². The maximum absolute atomic E-state index is 11.8. The van der Waals surface area contributed by atoms with Gasteiger partial charge in [0, 0.05) is 4.88 Å². The van der Waals surface area contributed by atoms with Gasteiger partial charge in [0.2, 0.25) is 0 Å². The third kappa shape index (κ3) is 2.68. The van der Waals surface area contributed by atoms with E-state index in [0.717, 1.165) is 16.2 Å². The van der Waals surface area contributed by atoms with Gasteiger partial charge in [0.15, 0.2) is 0 Å². The van der Waals surface area contributed by atoms with Crippen molar-refractivity contribution < 1.29 is 9.21 Å². The van der Waals surface area contributed by atoms with E-state index in [-0.39, 0.29) is 5.91 Å². The monoisotopic (exact) mass is 262 g/mol. The zero-order valence-electron chi connectivity index (χ0n) is 10.5. The van der Waals surface area contributed by atoms with Crippen LogP contribution in [0.1, 0.15) is 32.3 Å². The van der Waals surface area contributed by atoms with Crippen molar-refractivity contribution >= 4 is 23.5 Å². The summed E-state index contributed by atoms with van der Waals surface area (Å²) in [5, 5.41) is 5.93. The lowest BCUT2D eigenvalue weighted by atomic mass is 10.2. The second-order valence-corrected chi connectivity index (χ2v) is 4.94. The fourth-order valence-corrected chi connectivity index (χ4v) is 2.37. The number of nitrogens with zero attached hydrogens (tertiary/aromatic N) is 1. The van der Waals surface area contributed by atoms with Gasteiger partial charge in [-0.3, -0.25) is 4.79 Å². The van der Waals surface area contributed by atoms with E-state index in [1.807, 2.05) is 25.3 Å². The number of thiophene rings is 1. The average Bonchev–Trinajstić information content (AvgIpc) is 2.85. The molecule has 1 N–H and O–H groups in total. The number of carbonyl (C=O) groups is 1. The number of nitrogens with one attached hydrogen (secondary N) is 1. The molecule has 4 nitrogen and oxygen atoms in total. The maximum atomic E-state index is 11.8. The van der Waals surface area contributed by atoms with Gasteiger partial charge in [0.05, 0.1) is 11.8 Å². The third-order valence-electron chi connectivity index (χ3n) is 2.54. The lowest BCUT2D eigenvalue weighted by Crippen LogP contribution is -2.17. The summed E-state index contributed by atoms with van der Waals surface area (Å²) in [6, 6.07) is 3.72. The zero-order valence-corrected chi connectivity index (χ0v) is 11.3. The first-order chi connectivity index (χ1) is 8.58. The summed E-state index contributed by atoms with van der Waals surface area (Å²) in [6.45, 7) is 5.57. The highest BCUT2D eigenvalue weighted by atomic mass is 32.1. The minimum absolute atomic E-state index is 0.255. The molecule has 94 valence electrons. The van der Waals surface area contributed by atoms with E-state index >= 15 is 0 Å². The average molecular weight is 262 g/mol. The minimum atomic E-state index is -0.255. The van der Waals surface area contributed by atoms with Crippen LogP contribution < -0.4 is 5.43 Å². The first-order valence-corrected chi connectivity index (χ1v) is 6.40. The molecule has 5 heteroatoms. The Morgan fingerprint density at radius 2 is 2.22 bits per heavy atom. The van der Waals surface area contributed by atoms with Crippen LogP contribution in [0.2, 0.25) is 0 Å². The smallest absolute Gasteiger partial charge is 0.274 e. The van der Waals surface area contributed by atoms with Crippen molar-refractivity contribution in [2.24, 2.45) is 5.10 Å². The molecule has 0 aromatic carbocycles. The Bertz CT molecular complexity index is 596. The van der Waals surface area contributed by atoms with Crippen molar-refractivity contribution in [3.8, 4) is 0 Å². The summed E-state index contributed by atoms with van der Waals surface area (Å²) in [6.07, 6.45) is 1.65. The number of amides is 1. The van der Waals surface area contributed by atoms with Crippen molar-refractivity contribution in [2.45, 2.75) is 20.8 Å². The number of hydrogen-bond donors (Lipinski definition) is 1. The SMILES string of the molecule is Cc1cc(C(=O)NN=Cc2sccc2C)c(C)o1. The van der Waals surface area contributed by atoms with Crippen LogP contribution in [0.4, 0.5) is 0 Å². The molecule has 2 aromatic heterocycles. The van der Waals surface area contributed by atoms with Crippen molar-refractivity contribution in [3.63, 3.8) is 0 Å². The molecule has 2 aromatic rings. The van der Waals surface area contributed by atoms with Crippen LogP contribution in [0.15, 0.2) is 27.0 Å². The first kappa shape index (κ1) is 12.6. The van der Waals surface area contributed by atoms with E-state index in [1.165, 1.54) is 0 Å². The van der Waals surface area contributed by atoms with Gasteiger partial charge in [-0.1, -0.05) is 0 Å². The molecule has 0 atom stereocenters. The molecule has 2 heterocycles. The summed E-state index contributed by atoms with van der Waals surface area (Å²) < 4.78 is 5.30. The van der Waals surface area contributed by atoms with Gasteiger partial charge in [0.25, 0.3) is 5.91 Å². The fraction of sp³-hybridized carbons (Fsp3) is 0.231. The normalized spacial score (nSPS) is 11.1. The first-order valence-electron chi connectivity index (χ1n) is 5.52. The maximum Gasteiger partial charge on any atom is 0.274 e. The molecule has 18 heavy (non-hydrogen) atoms. The third-order valence-corrected chi connectivity index (χ3v) is 3.49. The van der Waals surface area contributed by atoms with Gasteiger partial charge in [0.1, 0.15) is 11.5 Å². The molecule has 2 rings (SSSR count). The standard InChI is InChI=1S/C13H14N2O2S/c1-8-4-5-18-12(8)7-14-15-13(16)11-6-9(2)17-10(11)3/h4-7H,1-3H3,(H,15,16). The highest BCUT2D eigenvalue weighted by Crippen LogP contribution is 2.14. The fourth-order valence-electron chi connectivity index (χ4n) is 1.58. The number of aryl methyl sites for hydroxylation is 3. The van der Waals surface area contributed by atoms with Crippen LogP contribution in [-0.4, -0.2) is 12.1 Å². The quantitative estimate of drug-likeness (QED) is 0.682. The second kappa shape index (κ2) is 5.18. The van der Waals surface area contributed by atoms with Gasteiger partial charge in [-0.25, -0.2) is 5.43 Å². The second-order valence-electron chi connectivity index (χ2n) is 3.99.